The quantitative estimate of drug-likeness (QED) is 0.607. The summed E-state index contributed by atoms with van der Waals surface area (Å²) in [7, 11) is 0. The van der Waals surface area contributed by atoms with Crippen LogP contribution in [-0.2, 0) is 0 Å². The monoisotopic (exact) mass is 392 g/mol. The van der Waals surface area contributed by atoms with Crippen molar-refractivity contribution in [3.05, 3.63) is 41.5 Å². The number of hydrogen-bond donors (Lipinski definition) is 4. The van der Waals surface area contributed by atoms with Crippen molar-refractivity contribution >= 4 is 23.6 Å². The molecule has 1 saturated carbocycles. The number of phenols is 1. The highest BCUT2D eigenvalue weighted by atomic mass is 16.3. The van der Waals surface area contributed by atoms with Crippen molar-refractivity contribution in [1.82, 2.24) is 10.6 Å². The van der Waals surface area contributed by atoms with Crippen molar-refractivity contribution in [1.29, 1.82) is 0 Å². The number of carbonyl (C=O) groups excluding carboxylic acids is 1. The topological polar surface area (TPSA) is 85.8 Å². The molecule has 6 heteroatoms. The summed E-state index contributed by atoms with van der Waals surface area (Å²) in [6.07, 6.45) is 6.17. The lowest BCUT2D eigenvalue weighted by Crippen LogP contribution is -2.58. The predicted octanol–water partition coefficient (Wildman–Crippen LogP) is 4.76. The van der Waals surface area contributed by atoms with E-state index in [1.165, 1.54) is 12.8 Å². The molecule has 0 aromatic heterocycles. The summed E-state index contributed by atoms with van der Waals surface area (Å²) in [5.74, 6) is 0.333. The first-order valence-corrected chi connectivity index (χ1v) is 10.2. The third kappa shape index (κ3) is 4.06. The van der Waals surface area contributed by atoms with Crippen LogP contribution in [0, 0.1) is 13.8 Å². The number of nitrogens with zero attached hydrogens (tertiary/aromatic N) is 1. The molecule has 1 aliphatic heterocycles. The number of hydrogen-bond acceptors (Lipinski definition) is 4. The van der Waals surface area contributed by atoms with Crippen LogP contribution >= 0.6 is 0 Å². The molecule has 4 N–H and O–H groups in total. The third-order valence-corrected chi connectivity index (χ3v) is 5.74. The van der Waals surface area contributed by atoms with Crippen LogP contribution < -0.4 is 16.0 Å². The Balaban J connectivity index is 1.54. The van der Waals surface area contributed by atoms with Crippen LogP contribution in [0.2, 0.25) is 0 Å². The van der Waals surface area contributed by atoms with Crippen molar-refractivity contribution in [2.24, 2.45) is 4.99 Å². The molecule has 1 aliphatic carbocycles. The van der Waals surface area contributed by atoms with E-state index in [4.69, 9.17) is 0 Å². The van der Waals surface area contributed by atoms with Crippen molar-refractivity contribution in [3.63, 3.8) is 0 Å². The molecule has 2 aromatic rings. The van der Waals surface area contributed by atoms with E-state index in [9.17, 15) is 9.90 Å². The van der Waals surface area contributed by atoms with Gasteiger partial charge in [-0.1, -0.05) is 18.9 Å². The second-order valence-corrected chi connectivity index (χ2v) is 8.36. The Hall–Kier alpha value is -3.02. The van der Waals surface area contributed by atoms with Gasteiger partial charge in [-0.3, -0.25) is 4.99 Å². The second kappa shape index (κ2) is 7.43. The van der Waals surface area contributed by atoms with E-state index in [0.717, 1.165) is 46.5 Å². The zero-order valence-corrected chi connectivity index (χ0v) is 17.2. The van der Waals surface area contributed by atoms with Crippen molar-refractivity contribution < 1.29 is 9.90 Å². The summed E-state index contributed by atoms with van der Waals surface area (Å²) in [5, 5.41) is 19.5. The number of aromatic hydroxyl groups is 1. The van der Waals surface area contributed by atoms with Crippen molar-refractivity contribution in [3.8, 4) is 16.9 Å². The van der Waals surface area contributed by atoms with Crippen LogP contribution in [0.4, 0.5) is 16.2 Å². The zero-order valence-electron chi connectivity index (χ0n) is 17.2. The van der Waals surface area contributed by atoms with Gasteiger partial charge in [0.1, 0.15) is 11.4 Å². The van der Waals surface area contributed by atoms with Crippen LogP contribution in [0.25, 0.3) is 11.1 Å². The number of carbonyl (C=O) groups is 1. The standard InChI is InChI=1S/C23H28N4O2/c1-14-10-17(11-15(2)21(14)28)16-8-9-19-20(12-16)26-23(3,13-24-19)27-22(29)25-18-6-4-5-7-18/h8-13,18,26,28H,4-7H2,1-3H3,(H2,25,27,29). The number of aryl methyl sites for hydroxylation is 2. The zero-order chi connectivity index (χ0) is 20.6. The van der Waals surface area contributed by atoms with Gasteiger partial charge in [-0.2, -0.15) is 0 Å². The van der Waals surface area contributed by atoms with E-state index >= 15 is 0 Å². The molecule has 0 bridgehead atoms. The Morgan fingerprint density at radius 1 is 1.14 bits per heavy atom. The Morgan fingerprint density at radius 2 is 1.83 bits per heavy atom. The van der Waals surface area contributed by atoms with Crippen LogP contribution in [0.15, 0.2) is 35.3 Å². The number of amides is 2. The smallest absolute Gasteiger partial charge is 0.317 e. The molecule has 4 rings (SSSR count). The largest absolute Gasteiger partial charge is 0.507 e. The van der Waals surface area contributed by atoms with Gasteiger partial charge in [0.2, 0.25) is 0 Å². The molecule has 1 unspecified atom stereocenters. The summed E-state index contributed by atoms with van der Waals surface area (Å²) < 4.78 is 0. The maximum atomic E-state index is 12.4. The van der Waals surface area contributed by atoms with Crippen LogP contribution in [-0.4, -0.2) is 29.1 Å². The first kappa shape index (κ1) is 19.3. The van der Waals surface area contributed by atoms with E-state index in [0.29, 0.717) is 5.75 Å². The van der Waals surface area contributed by atoms with Gasteiger partial charge >= 0.3 is 6.03 Å². The number of anilines is 1. The Kier molecular flexibility index (Phi) is 4.94. The lowest BCUT2D eigenvalue weighted by molar-refractivity contribution is 0.232. The minimum atomic E-state index is -0.769. The first-order chi connectivity index (χ1) is 13.8. The maximum absolute atomic E-state index is 12.4. The lowest BCUT2D eigenvalue weighted by Gasteiger charge is -2.33. The van der Waals surface area contributed by atoms with Crippen molar-refractivity contribution in [2.75, 3.05) is 5.32 Å². The molecule has 0 saturated heterocycles. The Bertz CT molecular complexity index is 956. The molecule has 1 heterocycles. The molecule has 0 spiro atoms. The highest BCUT2D eigenvalue weighted by molar-refractivity contribution is 5.91. The number of rotatable bonds is 3. The molecule has 2 aromatic carbocycles. The maximum Gasteiger partial charge on any atom is 0.317 e. The van der Waals surface area contributed by atoms with Gasteiger partial charge in [-0.25, -0.2) is 4.79 Å². The van der Waals surface area contributed by atoms with Crippen LogP contribution in [0.5, 0.6) is 5.75 Å². The van der Waals surface area contributed by atoms with Crippen LogP contribution in [0.3, 0.4) is 0 Å². The average molecular weight is 393 g/mol. The van der Waals surface area contributed by atoms with Crippen molar-refractivity contribution in [2.45, 2.75) is 58.2 Å². The molecule has 29 heavy (non-hydrogen) atoms. The van der Waals surface area contributed by atoms with Gasteiger partial charge in [0, 0.05) is 6.04 Å². The van der Waals surface area contributed by atoms with E-state index in [1.54, 1.807) is 6.21 Å². The van der Waals surface area contributed by atoms with Gasteiger partial charge in [0.05, 0.1) is 17.6 Å². The summed E-state index contributed by atoms with van der Waals surface area (Å²) in [6, 6.07) is 10.1. The third-order valence-electron chi connectivity index (χ3n) is 5.74. The van der Waals surface area contributed by atoms with Gasteiger partial charge in [-0.05, 0) is 80.1 Å². The van der Waals surface area contributed by atoms with Gasteiger partial charge in [-0.15, -0.1) is 0 Å². The van der Waals surface area contributed by atoms with Gasteiger partial charge in [0.25, 0.3) is 0 Å². The SMILES string of the molecule is Cc1cc(-c2ccc3c(c2)NC(C)(NC(=O)NC2CCCC2)C=N3)cc(C)c1O. The fourth-order valence-electron chi connectivity index (χ4n) is 4.15. The van der Waals surface area contributed by atoms with Gasteiger partial charge < -0.3 is 21.1 Å². The number of urea groups is 1. The molecule has 152 valence electrons. The number of benzene rings is 2. The first-order valence-electron chi connectivity index (χ1n) is 10.2. The minimum absolute atomic E-state index is 0.178. The average Bonchev–Trinajstić information content (AvgIpc) is 3.17. The molecular formula is C23H28N4O2. The predicted molar refractivity (Wildman–Crippen MR) is 117 cm³/mol. The Morgan fingerprint density at radius 3 is 2.52 bits per heavy atom. The van der Waals surface area contributed by atoms with Crippen LogP contribution in [0.1, 0.15) is 43.7 Å². The fraction of sp³-hybridized carbons (Fsp3) is 0.391. The lowest BCUT2D eigenvalue weighted by atomic mass is 9.98. The minimum Gasteiger partial charge on any atom is -0.507 e. The number of nitrogens with one attached hydrogen (secondary N) is 3. The van der Waals surface area contributed by atoms with E-state index in [2.05, 4.69) is 20.9 Å². The Labute approximate surface area is 171 Å². The molecular weight excluding hydrogens is 364 g/mol. The summed E-state index contributed by atoms with van der Waals surface area (Å²) >= 11 is 0. The number of aliphatic imine (C=N–C) groups is 1. The molecule has 1 atom stereocenters. The molecule has 6 nitrogen and oxygen atoms in total. The highest BCUT2D eigenvalue weighted by Crippen LogP contribution is 2.36. The fourth-order valence-corrected chi connectivity index (χ4v) is 4.15. The summed E-state index contributed by atoms with van der Waals surface area (Å²) in [4.78, 5) is 17.0. The highest BCUT2D eigenvalue weighted by Gasteiger charge is 2.29. The van der Waals surface area contributed by atoms with E-state index < -0.39 is 5.66 Å². The molecule has 2 amide bonds. The molecule has 1 fully saturated rings. The van der Waals surface area contributed by atoms with E-state index in [-0.39, 0.29) is 12.1 Å². The normalized spacial score (nSPS) is 20.8. The second-order valence-electron chi connectivity index (χ2n) is 8.36. The van der Waals surface area contributed by atoms with E-state index in [1.807, 2.05) is 51.1 Å². The molecule has 2 aliphatic rings. The number of phenolic OH excluding ortho intramolecular Hbond substituents is 1. The summed E-state index contributed by atoms with van der Waals surface area (Å²) in [5.41, 5.74) is 4.67. The summed E-state index contributed by atoms with van der Waals surface area (Å²) in [6.45, 7) is 5.70. The number of fused-ring (bicyclic) bond motifs is 1. The van der Waals surface area contributed by atoms with Gasteiger partial charge in [0.15, 0.2) is 0 Å². The molecule has 0 radical (unpaired) electrons.